The van der Waals surface area contributed by atoms with E-state index in [1.807, 2.05) is 47.9 Å². The van der Waals surface area contributed by atoms with Crippen molar-refractivity contribution >= 4 is 16.7 Å². The number of nitrogens with zero attached hydrogens (tertiary/aromatic N) is 2. The van der Waals surface area contributed by atoms with Crippen LogP contribution in [0, 0.1) is 0 Å². The van der Waals surface area contributed by atoms with Crippen molar-refractivity contribution in [1.29, 1.82) is 0 Å². The van der Waals surface area contributed by atoms with Crippen molar-refractivity contribution in [1.82, 2.24) is 9.55 Å². The largest absolute Gasteiger partial charge is 0.492 e. The highest BCUT2D eigenvalue weighted by molar-refractivity contribution is 5.82. The number of nitrogens with two attached hydrogens (primary N) is 1. The van der Waals surface area contributed by atoms with Crippen molar-refractivity contribution in [2.75, 3.05) is 12.3 Å². The topological polar surface area (TPSA) is 73.3 Å². The lowest BCUT2D eigenvalue weighted by atomic mass is 10.2. The first-order valence-corrected chi connectivity index (χ1v) is 6.84. The SMILES string of the molecule is CCOc1ccccc1-n1c(CO)nc2cc(N)ccc21. The highest BCUT2D eigenvalue weighted by Gasteiger charge is 2.15. The van der Waals surface area contributed by atoms with Crippen LogP contribution in [0.1, 0.15) is 12.7 Å². The Hall–Kier alpha value is -2.53. The molecule has 0 radical (unpaired) electrons. The molecule has 21 heavy (non-hydrogen) atoms. The lowest BCUT2D eigenvalue weighted by Crippen LogP contribution is -2.04. The molecule has 1 heterocycles. The first-order chi connectivity index (χ1) is 10.2. The van der Waals surface area contributed by atoms with E-state index in [-0.39, 0.29) is 6.61 Å². The number of nitrogen functional groups attached to an aromatic ring is 1. The molecule has 108 valence electrons. The van der Waals surface area contributed by atoms with E-state index in [1.165, 1.54) is 0 Å². The van der Waals surface area contributed by atoms with Crippen LogP contribution in [-0.4, -0.2) is 21.3 Å². The minimum Gasteiger partial charge on any atom is -0.492 e. The van der Waals surface area contributed by atoms with Gasteiger partial charge in [-0.05, 0) is 37.3 Å². The Morgan fingerprint density at radius 1 is 1.24 bits per heavy atom. The third-order valence-electron chi connectivity index (χ3n) is 3.30. The monoisotopic (exact) mass is 283 g/mol. The van der Waals surface area contributed by atoms with Crippen LogP contribution in [0.3, 0.4) is 0 Å². The number of hydrogen-bond donors (Lipinski definition) is 2. The predicted molar refractivity (Wildman–Crippen MR) is 82.6 cm³/mol. The molecule has 0 spiro atoms. The summed E-state index contributed by atoms with van der Waals surface area (Å²) in [5, 5.41) is 9.62. The van der Waals surface area contributed by atoms with E-state index in [4.69, 9.17) is 10.5 Å². The minimum atomic E-state index is -0.158. The Bertz CT molecular complexity index is 780. The van der Waals surface area contributed by atoms with E-state index in [1.54, 1.807) is 6.07 Å². The van der Waals surface area contributed by atoms with Gasteiger partial charge < -0.3 is 15.6 Å². The molecule has 0 saturated heterocycles. The molecule has 0 unspecified atom stereocenters. The Balaban J connectivity index is 2.29. The fourth-order valence-electron chi connectivity index (χ4n) is 2.44. The van der Waals surface area contributed by atoms with Gasteiger partial charge in [0.05, 0.1) is 23.3 Å². The van der Waals surface area contributed by atoms with E-state index in [2.05, 4.69) is 4.98 Å². The van der Waals surface area contributed by atoms with Gasteiger partial charge in [0, 0.05) is 5.69 Å². The number of rotatable bonds is 4. The average molecular weight is 283 g/mol. The molecule has 3 rings (SSSR count). The molecule has 0 bridgehead atoms. The van der Waals surface area contributed by atoms with Gasteiger partial charge in [0.25, 0.3) is 0 Å². The van der Waals surface area contributed by atoms with Gasteiger partial charge in [-0.3, -0.25) is 4.57 Å². The molecule has 5 nitrogen and oxygen atoms in total. The number of aliphatic hydroxyl groups excluding tert-OH is 1. The highest BCUT2D eigenvalue weighted by atomic mass is 16.5. The average Bonchev–Trinajstić information content (AvgIpc) is 2.85. The third-order valence-corrected chi connectivity index (χ3v) is 3.30. The first kappa shape index (κ1) is 13.5. The second-order valence-electron chi connectivity index (χ2n) is 4.67. The molecule has 2 aromatic carbocycles. The number of hydrogen-bond acceptors (Lipinski definition) is 4. The molecule has 0 aliphatic carbocycles. The quantitative estimate of drug-likeness (QED) is 0.721. The zero-order valence-electron chi connectivity index (χ0n) is 11.8. The maximum absolute atomic E-state index is 9.62. The maximum atomic E-state index is 9.62. The smallest absolute Gasteiger partial charge is 0.143 e. The number of aromatic nitrogens is 2. The Morgan fingerprint density at radius 2 is 2.05 bits per heavy atom. The van der Waals surface area contributed by atoms with Crippen LogP contribution in [0.5, 0.6) is 5.75 Å². The minimum absolute atomic E-state index is 0.158. The van der Waals surface area contributed by atoms with Crippen LogP contribution in [0.4, 0.5) is 5.69 Å². The van der Waals surface area contributed by atoms with Crippen molar-refractivity contribution < 1.29 is 9.84 Å². The molecule has 3 aromatic rings. The molecule has 0 aliphatic heterocycles. The number of benzene rings is 2. The lowest BCUT2D eigenvalue weighted by Gasteiger charge is -2.13. The van der Waals surface area contributed by atoms with Gasteiger partial charge in [-0.15, -0.1) is 0 Å². The second kappa shape index (κ2) is 5.46. The number of anilines is 1. The number of ether oxygens (including phenoxy) is 1. The highest BCUT2D eigenvalue weighted by Crippen LogP contribution is 2.29. The van der Waals surface area contributed by atoms with Crippen LogP contribution in [0.15, 0.2) is 42.5 Å². The Kier molecular flexibility index (Phi) is 3.50. The molecule has 0 amide bonds. The summed E-state index contributed by atoms with van der Waals surface area (Å²) in [6, 6.07) is 13.2. The van der Waals surface area contributed by atoms with E-state index >= 15 is 0 Å². The van der Waals surface area contributed by atoms with Crippen molar-refractivity contribution in [3.05, 3.63) is 48.3 Å². The standard InChI is InChI=1S/C16H17N3O2/c1-2-21-15-6-4-3-5-14(15)19-13-8-7-11(17)9-12(13)18-16(19)10-20/h3-9,20H,2,10,17H2,1H3. The summed E-state index contributed by atoms with van der Waals surface area (Å²) >= 11 is 0. The van der Waals surface area contributed by atoms with Crippen LogP contribution < -0.4 is 10.5 Å². The fraction of sp³-hybridized carbons (Fsp3) is 0.188. The van der Waals surface area contributed by atoms with Gasteiger partial charge in [-0.2, -0.15) is 0 Å². The maximum Gasteiger partial charge on any atom is 0.143 e. The van der Waals surface area contributed by atoms with Gasteiger partial charge in [0.15, 0.2) is 0 Å². The Labute approximate surface area is 122 Å². The number of aliphatic hydroxyl groups is 1. The van der Waals surface area contributed by atoms with Crippen molar-refractivity contribution in [3.63, 3.8) is 0 Å². The zero-order valence-corrected chi connectivity index (χ0v) is 11.8. The van der Waals surface area contributed by atoms with Crippen molar-refractivity contribution in [2.24, 2.45) is 0 Å². The molecule has 0 fully saturated rings. The summed E-state index contributed by atoms with van der Waals surface area (Å²) in [5.74, 6) is 1.31. The number of fused-ring (bicyclic) bond motifs is 1. The molecular weight excluding hydrogens is 266 g/mol. The van der Waals surface area contributed by atoms with Gasteiger partial charge in [0.1, 0.15) is 18.2 Å². The van der Waals surface area contributed by atoms with Crippen LogP contribution in [-0.2, 0) is 6.61 Å². The molecule has 0 saturated carbocycles. The fourth-order valence-corrected chi connectivity index (χ4v) is 2.44. The molecule has 0 aliphatic rings. The van der Waals surface area contributed by atoms with Gasteiger partial charge >= 0.3 is 0 Å². The summed E-state index contributed by atoms with van der Waals surface area (Å²) in [6.07, 6.45) is 0. The summed E-state index contributed by atoms with van der Waals surface area (Å²) in [6.45, 7) is 2.36. The van der Waals surface area contributed by atoms with E-state index in [0.29, 0.717) is 18.1 Å². The van der Waals surface area contributed by atoms with Gasteiger partial charge in [0.2, 0.25) is 0 Å². The summed E-state index contributed by atoms with van der Waals surface area (Å²) in [4.78, 5) is 4.45. The van der Waals surface area contributed by atoms with Crippen LogP contribution in [0.25, 0.3) is 16.7 Å². The van der Waals surface area contributed by atoms with Gasteiger partial charge in [-0.1, -0.05) is 12.1 Å². The van der Waals surface area contributed by atoms with Crippen molar-refractivity contribution in [2.45, 2.75) is 13.5 Å². The molecule has 1 aromatic heterocycles. The number of imidazole rings is 1. The molecule has 0 atom stereocenters. The lowest BCUT2D eigenvalue weighted by molar-refractivity contribution is 0.269. The van der Waals surface area contributed by atoms with Crippen LogP contribution >= 0.6 is 0 Å². The summed E-state index contributed by atoms with van der Waals surface area (Å²) in [7, 11) is 0. The van der Waals surface area contributed by atoms with E-state index in [0.717, 1.165) is 22.5 Å². The first-order valence-electron chi connectivity index (χ1n) is 6.84. The third kappa shape index (κ3) is 2.32. The zero-order chi connectivity index (χ0) is 14.8. The molecular formula is C16H17N3O2. The van der Waals surface area contributed by atoms with E-state index in [9.17, 15) is 5.11 Å². The summed E-state index contributed by atoms with van der Waals surface area (Å²) in [5.41, 5.74) is 8.95. The second-order valence-corrected chi connectivity index (χ2v) is 4.67. The molecule has 5 heteroatoms. The molecule has 3 N–H and O–H groups in total. The van der Waals surface area contributed by atoms with Gasteiger partial charge in [-0.25, -0.2) is 4.98 Å². The number of para-hydroxylation sites is 2. The van der Waals surface area contributed by atoms with Crippen molar-refractivity contribution in [3.8, 4) is 11.4 Å². The normalized spacial score (nSPS) is 11.0. The van der Waals surface area contributed by atoms with E-state index < -0.39 is 0 Å². The Morgan fingerprint density at radius 3 is 2.81 bits per heavy atom. The van der Waals surface area contributed by atoms with Crippen LogP contribution in [0.2, 0.25) is 0 Å². The predicted octanol–water partition coefficient (Wildman–Crippen LogP) is 2.50. The summed E-state index contributed by atoms with van der Waals surface area (Å²) < 4.78 is 7.58.